The van der Waals surface area contributed by atoms with Crippen LogP contribution in [0.2, 0.25) is 5.02 Å². The molecule has 0 saturated heterocycles. The topological polar surface area (TPSA) is 76.7 Å². The molecule has 2 aromatic heterocycles. The van der Waals surface area contributed by atoms with Crippen molar-refractivity contribution in [2.45, 2.75) is 0 Å². The van der Waals surface area contributed by atoms with Gasteiger partial charge in [0.15, 0.2) is 5.82 Å². The standard InChI is InChI=1S/C9H8ClN5/c10-7-8(11)13-5-14-9(7)15-6-2-1-3-12-4-6/h1-5H,(H3,11,13,14,15). The number of anilines is 3. The van der Waals surface area contributed by atoms with Gasteiger partial charge in [-0.1, -0.05) is 11.6 Å². The maximum atomic E-state index is 5.91. The van der Waals surface area contributed by atoms with Gasteiger partial charge in [0.2, 0.25) is 0 Å². The molecule has 3 N–H and O–H groups in total. The number of halogens is 1. The second-order valence-corrected chi connectivity index (χ2v) is 3.17. The lowest BCUT2D eigenvalue weighted by atomic mass is 10.4. The summed E-state index contributed by atoms with van der Waals surface area (Å²) in [5.41, 5.74) is 6.32. The third-order valence-electron chi connectivity index (χ3n) is 1.74. The van der Waals surface area contributed by atoms with Crippen molar-refractivity contribution in [2.24, 2.45) is 0 Å². The Morgan fingerprint density at radius 3 is 2.93 bits per heavy atom. The zero-order valence-electron chi connectivity index (χ0n) is 7.68. The van der Waals surface area contributed by atoms with Gasteiger partial charge in [-0.05, 0) is 12.1 Å². The van der Waals surface area contributed by atoms with Crippen LogP contribution in [0.3, 0.4) is 0 Å². The molecule has 0 unspecified atom stereocenters. The number of nitrogens with two attached hydrogens (primary N) is 1. The normalized spacial score (nSPS) is 9.93. The van der Waals surface area contributed by atoms with Crippen molar-refractivity contribution in [1.82, 2.24) is 15.0 Å². The number of nitrogen functional groups attached to an aromatic ring is 1. The number of nitrogens with zero attached hydrogens (tertiary/aromatic N) is 3. The molecule has 0 fully saturated rings. The van der Waals surface area contributed by atoms with Crippen LogP contribution in [-0.2, 0) is 0 Å². The minimum absolute atomic E-state index is 0.248. The van der Waals surface area contributed by atoms with Crippen LogP contribution >= 0.6 is 11.6 Å². The Morgan fingerprint density at radius 2 is 2.20 bits per heavy atom. The van der Waals surface area contributed by atoms with Gasteiger partial charge in [0.25, 0.3) is 0 Å². The van der Waals surface area contributed by atoms with Gasteiger partial charge >= 0.3 is 0 Å². The molecule has 0 aliphatic heterocycles. The molecule has 0 amide bonds. The highest BCUT2D eigenvalue weighted by Crippen LogP contribution is 2.25. The highest BCUT2D eigenvalue weighted by atomic mass is 35.5. The van der Waals surface area contributed by atoms with Crippen LogP contribution in [0.25, 0.3) is 0 Å². The summed E-state index contributed by atoms with van der Waals surface area (Å²) in [6, 6.07) is 3.66. The molecule has 0 radical (unpaired) electrons. The van der Waals surface area contributed by atoms with Gasteiger partial charge < -0.3 is 11.1 Å². The molecule has 2 aromatic rings. The predicted molar refractivity (Wildman–Crippen MR) is 59.0 cm³/mol. The van der Waals surface area contributed by atoms with Gasteiger partial charge in [-0.15, -0.1) is 0 Å². The first kappa shape index (κ1) is 9.67. The highest BCUT2D eigenvalue weighted by molar-refractivity contribution is 6.35. The lowest BCUT2D eigenvalue weighted by molar-refractivity contribution is 1.17. The van der Waals surface area contributed by atoms with E-state index in [4.69, 9.17) is 17.3 Å². The molecule has 0 spiro atoms. The first-order valence-electron chi connectivity index (χ1n) is 4.20. The summed E-state index contributed by atoms with van der Waals surface area (Å²) in [6.07, 6.45) is 4.69. The zero-order chi connectivity index (χ0) is 10.7. The Kier molecular flexibility index (Phi) is 2.64. The largest absolute Gasteiger partial charge is 0.382 e. The molecule has 6 heteroatoms. The summed E-state index contributed by atoms with van der Waals surface area (Å²) in [5.74, 6) is 0.718. The Bertz CT molecular complexity index is 459. The highest BCUT2D eigenvalue weighted by Gasteiger charge is 2.05. The van der Waals surface area contributed by atoms with Crippen molar-refractivity contribution in [3.8, 4) is 0 Å². The zero-order valence-corrected chi connectivity index (χ0v) is 8.44. The number of aromatic nitrogens is 3. The van der Waals surface area contributed by atoms with Gasteiger partial charge in [-0.2, -0.15) is 0 Å². The van der Waals surface area contributed by atoms with Gasteiger partial charge in [0.05, 0.1) is 11.9 Å². The molecule has 0 bridgehead atoms. The molecule has 2 heterocycles. The molecule has 0 atom stereocenters. The van der Waals surface area contributed by atoms with Crippen molar-refractivity contribution in [3.63, 3.8) is 0 Å². The number of rotatable bonds is 2. The molecule has 15 heavy (non-hydrogen) atoms. The number of hydrogen-bond donors (Lipinski definition) is 2. The average molecular weight is 222 g/mol. The maximum absolute atomic E-state index is 5.91. The lowest BCUT2D eigenvalue weighted by Crippen LogP contribution is -1.99. The fraction of sp³-hybridized carbons (Fsp3) is 0. The van der Waals surface area contributed by atoms with Crippen molar-refractivity contribution >= 4 is 28.9 Å². The fourth-order valence-corrected chi connectivity index (χ4v) is 1.19. The number of pyridine rings is 1. The van der Waals surface area contributed by atoms with Crippen LogP contribution in [-0.4, -0.2) is 15.0 Å². The van der Waals surface area contributed by atoms with E-state index in [-0.39, 0.29) is 5.82 Å². The van der Waals surface area contributed by atoms with Gasteiger partial charge in [0, 0.05) is 6.20 Å². The van der Waals surface area contributed by atoms with E-state index < -0.39 is 0 Å². The molecule has 0 aliphatic rings. The van der Waals surface area contributed by atoms with E-state index in [0.29, 0.717) is 10.8 Å². The van der Waals surface area contributed by atoms with E-state index in [1.165, 1.54) is 6.33 Å². The van der Waals surface area contributed by atoms with E-state index in [1.54, 1.807) is 18.5 Å². The third kappa shape index (κ3) is 2.13. The van der Waals surface area contributed by atoms with Crippen LogP contribution in [0, 0.1) is 0 Å². The van der Waals surface area contributed by atoms with Gasteiger partial charge in [0.1, 0.15) is 17.2 Å². The van der Waals surface area contributed by atoms with Crippen molar-refractivity contribution < 1.29 is 0 Å². The summed E-state index contributed by atoms with van der Waals surface area (Å²) in [7, 11) is 0. The van der Waals surface area contributed by atoms with E-state index >= 15 is 0 Å². The molecule has 5 nitrogen and oxygen atoms in total. The third-order valence-corrected chi connectivity index (χ3v) is 2.11. The molecular formula is C9H8ClN5. The smallest absolute Gasteiger partial charge is 0.154 e. The number of nitrogens with one attached hydrogen (secondary N) is 1. The SMILES string of the molecule is Nc1ncnc(Nc2cccnc2)c1Cl. The Hall–Kier alpha value is -1.88. The quantitative estimate of drug-likeness (QED) is 0.809. The van der Waals surface area contributed by atoms with Crippen LogP contribution < -0.4 is 11.1 Å². The molecule has 76 valence electrons. The van der Waals surface area contributed by atoms with Crippen molar-refractivity contribution in [1.29, 1.82) is 0 Å². The second-order valence-electron chi connectivity index (χ2n) is 2.79. The van der Waals surface area contributed by atoms with Gasteiger partial charge in [-0.3, -0.25) is 4.98 Å². The Labute approximate surface area is 91.3 Å². The van der Waals surface area contributed by atoms with Gasteiger partial charge in [-0.25, -0.2) is 9.97 Å². The first-order chi connectivity index (χ1) is 7.27. The van der Waals surface area contributed by atoms with Crippen LogP contribution in [0.15, 0.2) is 30.9 Å². The average Bonchev–Trinajstić information content (AvgIpc) is 2.26. The second kappa shape index (κ2) is 4.10. The summed E-state index contributed by atoms with van der Waals surface area (Å²) in [4.78, 5) is 11.7. The fourth-order valence-electron chi connectivity index (χ4n) is 1.04. The molecular weight excluding hydrogens is 214 g/mol. The minimum Gasteiger partial charge on any atom is -0.382 e. The van der Waals surface area contributed by atoms with Crippen molar-refractivity contribution in [2.75, 3.05) is 11.1 Å². The van der Waals surface area contributed by atoms with E-state index in [1.807, 2.05) is 6.07 Å². The monoisotopic (exact) mass is 221 g/mol. The number of hydrogen-bond acceptors (Lipinski definition) is 5. The molecule has 0 aromatic carbocycles. The van der Waals surface area contributed by atoms with E-state index in [0.717, 1.165) is 5.69 Å². The predicted octanol–water partition coefficient (Wildman–Crippen LogP) is 1.85. The summed E-state index contributed by atoms with van der Waals surface area (Å²) >= 11 is 5.91. The van der Waals surface area contributed by atoms with Crippen LogP contribution in [0.5, 0.6) is 0 Å². The van der Waals surface area contributed by atoms with E-state index in [2.05, 4.69) is 20.3 Å². The molecule has 0 saturated carbocycles. The summed E-state index contributed by atoms with van der Waals surface area (Å²) < 4.78 is 0. The Balaban J connectivity index is 2.29. The molecule has 0 aliphatic carbocycles. The van der Waals surface area contributed by atoms with E-state index in [9.17, 15) is 0 Å². The summed E-state index contributed by atoms with van der Waals surface area (Å²) in [5, 5.41) is 3.29. The minimum atomic E-state index is 0.248. The van der Waals surface area contributed by atoms with Crippen LogP contribution in [0.4, 0.5) is 17.3 Å². The first-order valence-corrected chi connectivity index (χ1v) is 4.58. The lowest BCUT2D eigenvalue weighted by Gasteiger charge is -2.06. The van der Waals surface area contributed by atoms with Crippen molar-refractivity contribution in [3.05, 3.63) is 35.9 Å². The summed E-state index contributed by atoms with van der Waals surface area (Å²) in [6.45, 7) is 0. The van der Waals surface area contributed by atoms with Crippen LogP contribution in [0.1, 0.15) is 0 Å². The Morgan fingerprint density at radius 1 is 1.33 bits per heavy atom. The molecule has 2 rings (SSSR count). The maximum Gasteiger partial charge on any atom is 0.154 e.